The van der Waals surface area contributed by atoms with E-state index < -0.39 is 0 Å². The summed E-state index contributed by atoms with van der Waals surface area (Å²) in [6.07, 6.45) is 6.19. The van der Waals surface area contributed by atoms with E-state index in [2.05, 4.69) is 53.7 Å². The third kappa shape index (κ3) is 3.82. The average molecular weight is 459 g/mol. The van der Waals surface area contributed by atoms with E-state index in [-0.39, 0.29) is 6.04 Å². The molecule has 2 fully saturated rings. The van der Waals surface area contributed by atoms with Crippen LogP contribution in [0, 0.1) is 0 Å². The molecular weight excluding hydrogens is 428 g/mol. The summed E-state index contributed by atoms with van der Waals surface area (Å²) in [4.78, 5) is 11.4. The van der Waals surface area contributed by atoms with Gasteiger partial charge >= 0.3 is 0 Å². The van der Waals surface area contributed by atoms with E-state index in [4.69, 9.17) is 0 Å². The molecule has 0 amide bonds. The van der Waals surface area contributed by atoms with Crippen molar-refractivity contribution in [2.75, 3.05) is 25.5 Å². The molecule has 0 saturated carbocycles. The first-order valence-electron chi connectivity index (χ1n) is 12.0. The van der Waals surface area contributed by atoms with Crippen LogP contribution in [-0.4, -0.2) is 76.8 Å². The fraction of sp³-hybridized carbons (Fsp3) is 0.458. The predicted molar refractivity (Wildman–Crippen MR) is 130 cm³/mol. The van der Waals surface area contributed by atoms with E-state index in [9.17, 15) is 0 Å². The molecule has 2 atom stereocenters. The van der Waals surface area contributed by atoms with Crippen LogP contribution in [0.1, 0.15) is 38.3 Å². The number of hydrogen-bond acceptors (Lipinski definition) is 8. The largest absolute Gasteiger partial charge is 0.338 e. The van der Waals surface area contributed by atoms with Gasteiger partial charge in [0, 0.05) is 49.2 Å². The molecule has 2 aliphatic heterocycles. The Labute approximate surface area is 198 Å². The van der Waals surface area contributed by atoms with E-state index in [1.165, 1.54) is 18.4 Å². The Bertz CT molecular complexity index is 1290. The third-order valence-corrected chi connectivity index (χ3v) is 6.98. The molecule has 2 saturated heterocycles. The summed E-state index contributed by atoms with van der Waals surface area (Å²) >= 11 is 0. The monoisotopic (exact) mass is 458 g/mol. The summed E-state index contributed by atoms with van der Waals surface area (Å²) < 4.78 is 1.92. The summed E-state index contributed by atoms with van der Waals surface area (Å²) in [6, 6.07) is 11.6. The molecule has 1 aromatic carbocycles. The molecule has 10 nitrogen and oxygen atoms in total. The van der Waals surface area contributed by atoms with Crippen LogP contribution in [0.15, 0.2) is 42.9 Å². The van der Waals surface area contributed by atoms with Gasteiger partial charge in [0.15, 0.2) is 5.82 Å². The minimum Gasteiger partial charge on any atom is -0.338 e. The number of piperazine rings is 1. The van der Waals surface area contributed by atoms with Crippen molar-refractivity contribution in [3.05, 3.63) is 48.4 Å². The zero-order valence-electron chi connectivity index (χ0n) is 19.8. The number of aromatic nitrogens is 7. The lowest BCUT2D eigenvalue weighted by Gasteiger charge is -2.39. The molecular formula is C24H30N10. The zero-order valence-corrected chi connectivity index (χ0v) is 19.8. The number of nitrogens with one attached hydrogen (secondary N) is 1. The molecule has 0 unspecified atom stereocenters. The second kappa shape index (κ2) is 8.44. The first kappa shape index (κ1) is 21.2. The Hall–Kier alpha value is -3.37. The number of fused-ring (bicyclic) bond motifs is 3. The van der Waals surface area contributed by atoms with Crippen molar-refractivity contribution in [3.8, 4) is 11.4 Å². The molecule has 3 aromatic heterocycles. The Morgan fingerprint density at radius 3 is 2.71 bits per heavy atom. The highest BCUT2D eigenvalue weighted by Crippen LogP contribution is 2.33. The van der Waals surface area contributed by atoms with Gasteiger partial charge in [0.25, 0.3) is 0 Å². The number of anilines is 2. The van der Waals surface area contributed by atoms with Crippen LogP contribution < -0.4 is 5.32 Å². The van der Waals surface area contributed by atoms with E-state index in [0.29, 0.717) is 17.9 Å². The number of likely N-dealkylation sites (tertiary alicyclic amines) is 1. The van der Waals surface area contributed by atoms with Crippen molar-refractivity contribution in [1.29, 1.82) is 0 Å². The van der Waals surface area contributed by atoms with Crippen LogP contribution >= 0.6 is 0 Å². The summed E-state index contributed by atoms with van der Waals surface area (Å²) in [7, 11) is 2.24. The first-order chi connectivity index (χ1) is 16.5. The number of nitrogens with zero attached hydrogens (tertiary/aromatic N) is 9. The van der Waals surface area contributed by atoms with E-state index >= 15 is 0 Å². The lowest BCUT2D eigenvalue weighted by Crippen LogP contribution is -2.51. The zero-order chi connectivity index (χ0) is 23.2. The van der Waals surface area contributed by atoms with E-state index in [1.807, 2.05) is 48.8 Å². The summed E-state index contributed by atoms with van der Waals surface area (Å²) in [6.45, 7) is 7.28. The SMILES string of the molecule is CC(C)n1nnc(-c2cccc(Nc3ncnn4ccc(CN5[C@@H]6CC[C@H]5CN(C)C6)c34)c2)n1. The highest BCUT2D eigenvalue weighted by atomic mass is 15.6. The van der Waals surface area contributed by atoms with Gasteiger partial charge in [-0.3, -0.25) is 4.90 Å². The maximum absolute atomic E-state index is 4.61. The quantitative estimate of drug-likeness (QED) is 0.471. The smallest absolute Gasteiger partial charge is 0.205 e. The van der Waals surface area contributed by atoms with Gasteiger partial charge in [0.2, 0.25) is 5.82 Å². The van der Waals surface area contributed by atoms with E-state index in [0.717, 1.165) is 42.2 Å². The fourth-order valence-electron chi connectivity index (χ4n) is 5.33. The van der Waals surface area contributed by atoms with Gasteiger partial charge in [-0.05, 0) is 62.7 Å². The minimum absolute atomic E-state index is 0.167. The van der Waals surface area contributed by atoms with Gasteiger partial charge in [0.1, 0.15) is 11.8 Å². The first-order valence-corrected chi connectivity index (χ1v) is 12.0. The van der Waals surface area contributed by atoms with Crippen molar-refractivity contribution < 1.29 is 0 Å². The van der Waals surface area contributed by atoms with Crippen LogP contribution in [0.2, 0.25) is 0 Å². The Kier molecular flexibility index (Phi) is 5.26. The molecule has 6 rings (SSSR count). The Balaban J connectivity index is 1.29. The summed E-state index contributed by atoms with van der Waals surface area (Å²) in [5, 5.41) is 20.8. The Morgan fingerprint density at radius 2 is 1.94 bits per heavy atom. The van der Waals surface area contributed by atoms with Crippen molar-refractivity contribution >= 4 is 17.0 Å². The molecule has 10 heteroatoms. The molecule has 0 aliphatic carbocycles. The number of rotatable bonds is 6. The molecule has 5 heterocycles. The minimum atomic E-state index is 0.167. The van der Waals surface area contributed by atoms with Crippen LogP contribution in [0.3, 0.4) is 0 Å². The molecule has 2 aliphatic rings. The summed E-state index contributed by atoms with van der Waals surface area (Å²) in [5.74, 6) is 1.41. The van der Waals surface area contributed by atoms with Gasteiger partial charge in [-0.1, -0.05) is 12.1 Å². The fourth-order valence-corrected chi connectivity index (χ4v) is 5.33. The molecule has 176 valence electrons. The lowest BCUT2D eigenvalue weighted by molar-refractivity contribution is 0.0763. The Morgan fingerprint density at radius 1 is 1.12 bits per heavy atom. The predicted octanol–water partition coefficient (Wildman–Crippen LogP) is 2.99. The van der Waals surface area contributed by atoms with Crippen molar-refractivity contribution in [1.82, 2.24) is 44.6 Å². The number of likely N-dealkylation sites (N-methyl/N-ethyl adjacent to an activating group) is 1. The molecule has 1 N–H and O–H groups in total. The highest BCUT2D eigenvalue weighted by Gasteiger charge is 2.38. The highest BCUT2D eigenvalue weighted by molar-refractivity contribution is 5.77. The molecule has 0 spiro atoms. The molecule has 34 heavy (non-hydrogen) atoms. The van der Waals surface area contributed by atoms with Crippen LogP contribution in [0.4, 0.5) is 11.5 Å². The number of hydrogen-bond donors (Lipinski definition) is 1. The van der Waals surface area contributed by atoms with Gasteiger partial charge < -0.3 is 10.2 Å². The second-order valence-corrected chi connectivity index (χ2v) is 9.75. The maximum atomic E-state index is 4.61. The molecule has 4 aromatic rings. The van der Waals surface area contributed by atoms with E-state index in [1.54, 1.807) is 11.1 Å². The standard InChI is InChI=1S/C24H30N10/c1-16(2)34-29-23(28-30-34)17-5-4-6-19(11-17)27-24-22-18(9-10-33(22)26-15-25-24)12-32-20-7-8-21(32)14-31(3)13-20/h4-6,9-11,15-16,20-21H,7-8,12-14H2,1-3H3,(H,25,26,27)/t20-,21+. The van der Waals surface area contributed by atoms with Crippen molar-refractivity contribution in [2.24, 2.45) is 0 Å². The van der Waals surface area contributed by atoms with Crippen molar-refractivity contribution in [3.63, 3.8) is 0 Å². The number of tetrazole rings is 1. The second-order valence-electron chi connectivity index (χ2n) is 9.75. The summed E-state index contributed by atoms with van der Waals surface area (Å²) in [5.41, 5.74) is 4.11. The van der Waals surface area contributed by atoms with Gasteiger partial charge in [-0.25, -0.2) is 9.50 Å². The molecule has 2 bridgehead atoms. The average Bonchev–Trinajstić information content (AvgIpc) is 3.53. The van der Waals surface area contributed by atoms with Crippen molar-refractivity contribution in [2.45, 2.75) is 51.4 Å². The van der Waals surface area contributed by atoms with Crippen LogP contribution in [-0.2, 0) is 6.54 Å². The van der Waals surface area contributed by atoms with Crippen LogP contribution in [0.25, 0.3) is 16.9 Å². The topological polar surface area (TPSA) is 92.3 Å². The van der Waals surface area contributed by atoms with Crippen LogP contribution in [0.5, 0.6) is 0 Å². The van der Waals surface area contributed by atoms with Gasteiger partial charge in [0.05, 0.1) is 6.04 Å². The lowest BCUT2D eigenvalue weighted by atomic mass is 10.1. The van der Waals surface area contributed by atoms with Gasteiger partial charge in [-0.2, -0.15) is 9.90 Å². The third-order valence-electron chi connectivity index (χ3n) is 6.98. The van der Waals surface area contributed by atoms with Gasteiger partial charge in [-0.15, -0.1) is 10.2 Å². The maximum Gasteiger partial charge on any atom is 0.205 e. The number of benzene rings is 1. The molecule has 0 radical (unpaired) electrons. The normalized spacial score (nSPS) is 21.1.